The van der Waals surface area contributed by atoms with E-state index < -0.39 is 0 Å². The summed E-state index contributed by atoms with van der Waals surface area (Å²) in [5.41, 5.74) is 11.9. The van der Waals surface area contributed by atoms with Gasteiger partial charge in [-0.05, 0) is 76.5 Å². The van der Waals surface area contributed by atoms with Gasteiger partial charge in [-0.25, -0.2) is 9.97 Å². The van der Waals surface area contributed by atoms with Crippen LogP contribution in [-0.2, 0) is 0 Å². The Balaban J connectivity index is 1.33. The zero-order valence-corrected chi connectivity index (χ0v) is 24.6. The van der Waals surface area contributed by atoms with Crippen molar-refractivity contribution in [2.75, 3.05) is 0 Å². The highest BCUT2D eigenvalue weighted by atomic mass is 15.0. The van der Waals surface area contributed by atoms with E-state index >= 15 is 0 Å². The lowest BCUT2D eigenvalue weighted by Crippen LogP contribution is -1.94. The van der Waals surface area contributed by atoms with E-state index in [1.165, 1.54) is 60.0 Å². The van der Waals surface area contributed by atoms with Crippen LogP contribution in [0.1, 0.15) is 0 Å². The maximum atomic E-state index is 5.22. The van der Waals surface area contributed by atoms with Crippen molar-refractivity contribution in [3.63, 3.8) is 0 Å². The number of fused-ring (bicyclic) bond motifs is 12. The van der Waals surface area contributed by atoms with Crippen LogP contribution in [0.4, 0.5) is 0 Å². The maximum Gasteiger partial charge on any atom is 0.165 e. The van der Waals surface area contributed by atoms with Gasteiger partial charge in [0, 0.05) is 32.6 Å². The molecule has 46 heavy (non-hydrogen) atoms. The molecule has 0 spiro atoms. The van der Waals surface area contributed by atoms with Crippen molar-refractivity contribution >= 4 is 82.0 Å². The summed E-state index contributed by atoms with van der Waals surface area (Å²) in [5, 5.41) is 8.62. The van der Waals surface area contributed by atoms with E-state index in [1.54, 1.807) is 0 Å². The summed E-state index contributed by atoms with van der Waals surface area (Å²) in [4.78, 5) is 10.4. The molecular weight excluding hydrogens is 560 g/mol. The molecule has 4 aromatic heterocycles. The Hall–Kier alpha value is -6.26. The SMILES string of the molecule is c1ccc(-n2c3ccccc3c3c4ccccc4c(-c4cc5c6ccccc6n6c7nc8ccccc8nc7c(c4)c56)cc32)cc1. The molecule has 0 aliphatic heterocycles. The van der Waals surface area contributed by atoms with Crippen molar-refractivity contribution < 1.29 is 0 Å². The Kier molecular flexibility index (Phi) is 4.55. The molecular formula is C42H24N4. The number of hydrogen-bond acceptors (Lipinski definition) is 2. The van der Waals surface area contributed by atoms with E-state index in [2.05, 4.69) is 136 Å². The summed E-state index contributed by atoms with van der Waals surface area (Å²) in [6.07, 6.45) is 0. The average Bonchev–Trinajstić information content (AvgIpc) is 3.75. The predicted molar refractivity (Wildman–Crippen MR) is 191 cm³/mol. The van der Waals surface area contributed by atoms with Gasteiger partial charge in [0.25, 0.3) is 0 Å². The van der Waals surface area contributed by atoms with Gasteiger partial charge < -0.3 is 4.57 Å². The number of nitrogens with zero attached hydrogens (tertiary/aromatic N) is 4. The highest BCUT2D eigenvalue weighted by Crippen LogP contribution is 2.45. The largest absolute Gasteiger partial charge is 0.309 e. The molecule has 4 nitrogen and oxygen atoms in total. The first-order valence-corrected chi connectivity index (χ1v) is 15.7. The van der Waals surface area contributed by atoms with Gasteiger partial charge in [0.2, 0.25) is 0 Å². The fourth-order valence-electron chi connectivity index (χ4n) is 7.90. The predicted octanol–water partition coefficient (Wildman–Crippen LogP) is 10.7. The molecule has 11 aromatic rings. The molecule has 0 fully saturated rings. The van der Waals surface area contributed by atoms with Gasteiger partial charge >= 0.3 is 0 Å². The Bertz CT molecular complexity index is 3020. The molecule has 212 valence electrons. The first-order chi connectivity index (χ1) is 22.8. The molecule has 0 unspecified atom stereocenters. The van der Waals surface area contributed by atoms with E-state index in [9.17, 15) is 0 Å². The molecule has 0 saturated carbocycles. The highest BCUT2D eigenvalue weighted by molar-refractivity contribution is 6.27. The summed E-state index contributed by atoms with van der Waals surface area (Å²) in [7, 11) is 0. The second kappa shape index (κ2) is 8.68. The van der Waals surface area contributed by atoms with E-state index in [-0.39, 0.29) is 0 Å². The van der Waals surface area contributed by atoms with Crippen molar-refractivity contribution in [2.45, 2.75) is 0 Å². The lowest BCUT2D eigenvalue weighted by molar-refractivity contribution is 1.18. The van der Waals surface area contributed by atoms with Gasteiger partial charge in [-0.2, -0.15) is 0 Å². The van der Waals surface area contributed by atoms with E-state index in [0.717, 1.165) is 38.8 Å². The first kappa shape index (κ1) is 24.1. The van der Waals surface area contributed by atoms with Gasteiger partial charge in [-0.1, -0.05) is 91.0 Å². The van der Waals surface area contributed by atoms with E-state index in [0.29, 0.717) is 0 Å². The van der Waals surface area contributed by atoms with Crippen molar-refractivity contribution in [1.82, 2.24) is 18.9 Å². The number of hydrogen-bond donors (Lipinski definition) is 0. The molecule has 11 rings (SSSR count). The monoisotopic (exact) mass is 584 g/mol. The number of benzene rings is 7. The molecule has 7 aromatic carbocycles. The third-order valence-electron chi connectivity index (χ3n) is 9.79. The highest BCUT2D eigenvalue weighted by Gasteiger charge is 2.23. The lowest BCUT2D eigenvalue weighted by atomic mass is 9.93. The van der Waals surface area contributed by atoms with Gasteiger partial charge in [-0.15, -0.1) is 0 Å². The molecule has 0 amide bonds. The van der Waals surface area contributed by atoms with Crippen LogP contribution in [0, 0.1) is 0 Å². The Labute approximate surface area is 262 Å². The zero-order valence-electron chi connectivity index (χ0n) is 24.6. The van der Waals surface area contributed by atoms with Crippen LogP contribution in [0.3, 0.4) is 0 Å². The standard InChI is InChI=1S/C42H24N4/c1-2-12-26(13-3-1)45-37-21-11-7-17-30(37)39-29-16-5-4-14-27(29)31(24-38(39)45)25-22-32-28-15-6-10-20-36(28)46-41(32)33(23-25)40-42(46)44-35-19-9-8-18-34(35)43-40/h1-24H. The lowest BCUT2D eigenvalue weighted by Gasteiger charge is -2.13. The van der Waals surface area contributed by atoms with Gasteiger partial charge in [0.15, 0.2) is 5.65 Å². The smallest absolute Gasteiger partial charge is 0.165 e. The fourth-order valence-corrected chi connectivity index (χ4v) is 7.90. The van der Waals surface area contributed by atoms with Crippen LogP contribution in [0.2, 0.25) is 0 Å². The van der Waals surface area contributed by atoms with Gasteiger partial charge in [0.1, 0.15) is 5.52 Å². The van der Waals surface area contributed by atoms with E-state index in [4.69, 9.17) is 9.97 Å². The Morgan fingerprint density at radius 3 is 1.89 bits per heavy atom. The molecule has 0 radical (unpaired) electrons. The summed E-state index contributed by atoms with van der Waals surface area (Å²) < 4.78 is 4.73. The van der Waals surface area contributed by atoms with Crippen LogP contribution in [0.25, 0.3) is 98.8 Å². The summed E-state index contributed by atoms with van der Waals surface area (Å²) >= 11 is 0. The van der Waals surface area contributed by atoms with Crippen LogP contribution in [0.15, 0.2) is 146 Å². The second-order valence-corrected chi connectivity index (χ2v) is 12.2. The van der Waals surface area contributed by atoms with Crippen molar-refractivity contribution in [3.05, 3.63) is 146 Å². The minimum absolute atomic E-state index is 0.904. The van der Waals surface area contributed by atoms with Crippen LogP contribution >= 0.6 is 0 Å². The molecule has 0 aliphatic rings. The van der Waals surface area contributed by atoms with Crippen molar-refractivity contribution in [2.24, 2.45) is 0 Å². The number of para-hydroxylation sites is 5. The van der Waals surface area contributed by atoms with Gasteiger partial charge in [0.05, 0.1) is 33.1 Å². The molecule has 4 heterocycles. The molecule has 0 atom stereocenters. The minimum atomic E-state index is 0.904. The first-order valence-electron chi connectivity index (χ1n) is 15.7. The van der Waals surface area contributed by atoms with Crippen molar-refractivity contribution in [1.29, 1.82) is 0 Å². The molecule has 0 aliphatic carbocycles. The summed E-state index contributed by atoms with van der Waals surface area (Å²) in [6.45, 7) is 0. The quantitative estimate of drug-likeness (QED) is 0.203. The van der Waals surface area contributed by atoms with Crippen LogP contribution in [-0.4, -0.2) is 18.9 Å². The number of aromatic nitrogens is 4. The zero-order chi connectivity index (χ0) is 29.9. The van der Waals surface area contributed by atoms with Crippen LogP contribution < -0.4 is 0 Å². The fraction of sp³-hybridized carbons (Fsp3) is 0. The molecule has 4 heteroatoms. The minimum Gasteiger partial charge on any atom is -0.309 e. The van der Waals surface area contributed by atoms with Gasteiger partial charge in [-0.3, -0.25) is 4.40 Å². The Morgan fingerprint density at radius 1 is 0.435 bits per heavy atom. The topological polar surface area (TPSA) is 35.1 Å². The molecule has 0 bridgehead atoms. The normalized spacial score (nSPS) is 12.3. The maximum absolute atomic E-state index is 5.22. The molecule has 0 N–H and O–H groups in total. The third-order valence-corrected chi connectivity index (χ3v) is 9.79. The molecule has 0 saturated heterocycles. The average molecular weight is 585 g/mol. The van der Waals surface area contributed by atoms with E-state index in [1.807, 2.05) is 18.2 Å². The Morgan fingerprint density at radius 2 is 1.07 bits per heavy atom. The van der Waals surface area contributed by atoms with Crippen LogP contribution in [0.5, 0.6) is 0 Å². The van der Waals surface area contributed by atoms with Crippen molar-refractivity contribution in [3.8, 4) is 16.8 Å². The number of rotatable bonds is 2. The summed E-state index contributed by atoms with van der Waals surface area (Å²) in [6, 6.07) is 52.3. The third kappa shape index (κ3) is 3.03. The summed E-state index contributed by atoms with van der Waals surface area (Å²) in [5.74, 6) is 0. The second-order valence-electron chi connectivity index (χ2n) is 12.2.